The van der Waals surface area contributed by atoms with E-state index >= 15 is 0 Å². The van der Waals surface area contributed by atoms with Crippen molar-refractivity contribution < 1.29 is 0 Å². The van der Waals surface area contributed by atoms with Crippen molar-refractivity contribution in [2.75, 3.05) is 0 Å². The molecule has 0 bridgehead atoms. The van der Waals surface area contributed by atoms with Crippen LogP contribution in [0.25, 0.3) is 64.6 Å². The van der Waals surface area contributed by atoms with Crippen molar-refractivity contribution >= 4 is 128 Å². The second kappa shape index (κ2) is 7.76. The summed E-state index contributed by atoms with van der Waals surface area (Å²) >= 11 is 14.8. The van der Waals surface area contributed by atoms with E-state index in [-0.39, 0.29) is 0 Å². The van der Waals surface area contributed by atoms with Crippen molar-refractivity contribution in [3.05, 3.63) is 103 Å². The molecule has 0 N–H and O–H groups in total. The summed E-state index contributed by atoms with van der Waals surface area (Å²) in [5.41, 5.74) is 0. The number of fused-ring (bicyclic) bond motifs is 12. The second-order valence-electron chi connectivity index (χ2n) is 8.70. The van der Waals surface area contributed by atoms with Crippen molar-refractivity contribution in [3.8, 4) is 0 Å². The van der Waals surface area contributed by atoms with Crippen LogP contribution >= 0.6 is 63.7 Å². The zero-order valence-electron chi connectivity index (χ0n) is 17.6. The molecule has 7 aromatic rings. The van der Waals surface area contributed by atoms with Crippen LogP contribution in [0.5, 0.6) is 0 Å². The Morgan fingerprint density at radius 1 is 0.235 bits per heavy atom. The van der Waals surface area contributed by atoms with Gasteiger partial charge in [0, 0.05) is 17.9 Å². The molecule has 0 nitrogen and oxygen atoms in total. The van der Waals surface area contributed by atoms with Gasteiger partial charge in [-0.25, -0.2) is 0 Å². The van der Waals surface area contributed by atoms with Crippen molar-refractivity contribution in [3.63, 3.8) is 0 Å². The third-order valence-electron chi connectivity index (χ3n) is 6.83. The van der Waals surface area contributed by atoms with Gasteiger partial charge in [-0.05, 0) is 125 Å². The highest BCUT2D eigenvalue weighted by Gasteiger charge is 2.15. The highest BCUT2D eigenvalue weighted by atomic mass is 79.9. The van der Waals surface area contributed by atoms with E-state index in [9.17, 15) is 0 Å². The Kier molecular flexibility index (Phi) is 4.86. The van der Waals surface area contributed by atoms with Gasteiger partial charge in [0.15, 0.2) is 0 Å². The molecule has 0 aliphatic rings. The molecule has 0 aliphatic carbocycles. The minimum atomic E-state index is 1.09. The highest BCUT2D eigenvalue weighted by molar-refractivity contribution is 9.11. The molecule has 0 fully saturated rings. The van der Waals surface area contributed by atoms with E-state index in [4.69, 9.17) is 0 Å². The van der Waals surface area contributed by atoms with Crippen LogP contribution in [-0.4, -0.2) is 0 Å². The van der Waals surface area contributed by atoms with Gasteiger partial charge in [0.1, 0.15) is 0 Å². The van der Waals surface area contributed by atoms with Crippen LogP contribution < -0.4 is 0 Å². The Hall–Kier alpha value is -1.98. The van der Waals surface area contributed by atoms with E-state index in [1.54, 1.807) is 0 Å². The van der Waals surface area contributed by atoms with E-state index < -0.39 is 0 Å². The predicted molar refractivity (Wildman–Crippen MR) is 162 cm³/mol. The van der Waals surface area contributed by atoms with Gasteiger partial charge in [-0.1, -0.05) is 88.0 Å². The maximum Gasteiger partial charge on any atom is 0.0181 e. The van der Waals surface area contributed by atoms with Gasteiger partial charge in [-0.15, -0.1) is 0 Å². The van der Waals surface area contributed by atoms with Crippen LogP contribution in [0.3, 0.4) is 0 Å². The average molecular weight is 694 g/mol. The summed E-state index contributed by atoms with van der Waals surface area (Å²) in [4.78, 5) is 0. The van der Waals surface area contributed by atoms with Gasteiger partial charge in [0.05, 0.1) is 0 Å². The number of halogens is 4. The van der Waals surface area contributed by atoms with Gasteiger partial charge < -0.3 is 0 Å². The van der Waals surface area contributed by atoms with Gasteiger partial charge in [0.25, 0.3) is 0 Å². The Labute approximate surface area is 229 Å². The largest absolute Gasteiger partial charge is 0.0526 e. The lowest BCUT2D eigenvalue weighted by molar-refractivity contribution is 1.71. The van der Waals surface area contributed by atoms with Gasteiger partial charge >= 0.3 is 0 Å². The summed E-state index contributed by atoms with van der Waals surface area (Å²) in [6, 6.07) is 31.3. The molecule has 162 valence electrons. The molecule has 0 aliphatic heterocycles. The maximum atomic E-state index is 3.69. The minimum Gasteiger partial charge on any atom is -0.0526 e. The number of benzene rings is 7. The lowest BCUT2D eigenvalue weighted by atomic mass is 9.88. The Morgan fingerprint density at radius 2 is 0.441 bits per heavy atom. The predicted octanol–water partition coefficient (Wildman–Crippen LogP) is 11.7. The molecule has 4 heteroatoms. The van der Waals surface area contributed by atoms with Crippen LogP contribution in [0.1, 0.15) is 0 Å². The zero-order valence-corrected chi connectivity index (χ0v) is 23.9. The van der Waals surface area contributed by atoms with E-state index in [2.05, 4.69) is 149 Å². The third kappa shape index (κ3) is 3.12. The molecule has 0 radical (unpaired) electrons. The fourth-order valence-electron chi connectivity index (χ4n) is 5.39. The molecule has 0 saturated heterocycles. The number of hydrogen-bond donors (Lipinski definition) is 0. The zero-order chi connectivity index (χ0) is 23.1. The topological polar surface area (TPSA) is 0 Å². The number of hydrogen-bond acceptors (Lipinski definition) is 0. The molecule has 7 aromatic carbocycles. The summed E-state index contributed by atoms with van der Waals surface area (Å²) in [6.45, 7) is 0. The van der Waals surface area contributed by atoms with E-state index in [1.807, 2.05) is 0 Å². The Morgan fingerprint density at radius 3 is 0.676 bits per heavy atom. The summed E-state index contributed by atoms with van der Waals surface area (Å²) in [5.74, 6) is 0. The molecule has 34 heavy (non-hydrogen) atoms. The van der Waals surface area contributed by atoms with E-state index in [1.165, 1.54) is 64.6 Å². The van der Waals surface area contributed by atoms with Crippen molar-refractivity contribution in [2.45, 2.75) is 0 Å². The molecule has 0 heterocycles. The average Bonchev–Trinajstić information content (AvgIpc) is 2.83. The van der Waals surface area contributed by atoms with Crippen molar-refractivity contribution in [1.82, 2.24) is 0 Å². The van der Waals surface area contributed by atoms with Crippen LogP contribution in [-0.2, 0) is 0 Å². The minimum absolute atomic E-state index is 1.09. The molecule has 0 atom stereocenters. The number of rotatable bonds is 0. The van der Waals surface area contributed by atoms with Crippen LogP contribution in [0.4, 0.5) is 0 Å². The van der Waals surface area contributed by atoms with E-state index in [0.717, 1.165) is 17.9 Å². The third-order valence-corrected chi connectivity index (χ3v) is 8.80. The van der Waals surface area contributed by atoms with Crippen molar-refractivity contribution in [2.24, 2.45) is 0 Å². The molecule has 0 spiro atoms. The van der Waals surface area contributed by atoms with Gasteiger partial charge in [-0.2, -0.15) is 0 Å². The van der Waals surface area contributed by atoms with Gasteiger partial charge in [-0.3, -0.25) is 0 Å². The first-order valence-corrected chi connectivity index (χ1v) is 14.0. The maximum absolute atomic E-state index is 3.69. The van der Waals surface area contributed by atoms with Gasteiger partial charge in [0.2, 0.25) is 0 Å². The smallest absolute Gasteiger partial charge is 0.0181 e. The van der Waals surface area contributed by atoms with Crippen LogP contribution in [0.15, 0.2) is 103 Å². The molecule has 0 unspecified atom stereocenters. The lowest BCUT2D eigenvalue weighted by Gasteiger charge is -2.16. The Bertz CT molecular complexity index is 1720. The van der Waals surface area contributed by atoms with E-state index in [0.29, 0.717) is 0 Å². The summed E-state index contributed by atoms with van der Waals surface area (Å²) in [7, 11) is 0. The molecular formula is C30H14Br4. The standard InChI is InChI=1S/C30H14Br4/c31-15-1-5-19-23(9-15)24-10-16(32)2-6-20(24)28-14-30-22-8-4-18(34)12-26(22)25-11-17(33)3-7-21(25)29(30)13-27(19)28/h1-14H. The molecule has 0 amide bonds. The summed E-state index contributed by atoms with van der Waals surface area (Å²) in [5, 5.41) is 15.2. The molecule has 7 rings (SSSR count). The summed E-state index contributed by atoms with van der Waals surface area (Å²) in [6.07, 6.45) is 0. The summed E-state index contributed by atoms with van der Waals surface area (Å²) < 4.78 is 4.36. The first kappa shape index (κ1) is 21.3. The quantitative estimate of drug-likeness (QED) is 0.110. The van der Waals surface area contributed by atoms with Crippen LogP contribution in [0, 0.1) is 0 Å². The second-order valence-corrected chi connectivity index (χ2v) is 12.4. The Balaban J connectivity index is 1.81. The lowest BCUT2D eigenvalue weighted by Crippen LogP contribution is -1.88. The molecule has 0 saturated carbocycles. The normalized spacial score (nSPS) is 12.1. The molecule has 0 aromatic heterocycles. The molecular weight excluding hydrogens is 680 g/mol. The fourth-order valence-corrected chi connectivity index (χ4v) is 6.83. The monoisotopic (exact) mass is 690 g/mol. The fraction of sp³-hybridized carbons (Fsp3) is 0. The first-order chi connectivity index (χ1) is 16.5. The van der Waals surface area contributed by atoms with Crippen molar-refractivity contribution in [1.29, 1.82) is 0 Å². The SMILES string of the molecule is Brc1ccc2c(c1)c1cc(Br)ccc1c1cc3c4ccc(Br)cc4c4cc(Br)ccc4c3cc21. The highest BCUT2D eigenvalue weighted by Crippen LogP contribution is 2.43. The first-order valence-electron chi connectivity index (χ1n) is 10.9. The van der Waals surface area contributed by atoms with Crippen LogP contribution in [0.2, 0.25) is 0 Å².